The molecule has 0 radical (unpaired) electrons. The maximum atomic E-state index is 13.3. The van der Waals surface area contributed by atoms with Crippen LogP contribution in [-0.4, -0.2) is 82.7 Å². The number of ether oxygens (including phenoxy) is 2. The first-order chi connectivity index (χ1) is 14.8. The third kappa shape index (κ3) is 6.83. The Balaban J connectivity index is 2.05. The molecule has 5 atom stereocenters. The summed E-state index contributed by atoms with van der Waals surface area (Å²) < 4.78 is 10.0. The standard InChI is InChI=1S/C21H34N2O7S/c1-4-29-18(24)12-31-11-15(21(28)30-5-2)22-13(3)19(25)23-16-9-7-6-8-14(16)10-17(23)20(26)27/h13-17,22H,4-12H2,1-3H3,(H,26,27)/t13-,14?,15?,16?,17-/m0/s1. The van der Waals surface area contributed by atoms with Crippen LogP contribution in [-0.2, 0) is 28.7 Å². The number of thioether (sulfide) groups is 1. The number of esters is 2. The molecule has 176 valence electrons. The summed E-state index contributed by atoms with van der Waals surface area (Å²) in [6.07, 6.45) is 4.27. The Hall–Kier alpha value is -1.81. The highest BCUT2D eigenvalue weighted by atomic mass is 32.2. The number of carbonyl (C=O) groups is 4. The van der Waals surface area contributed by atoms with Crippen LogP contribution >= 0.6 is 11.8 Å². The summed E-state index contributed by atoms with van der Waals surface area (Å²) >= 11 is 1.22. The number of hydrogen-bond donors (Lipinski definition) is 2. The number of carbonyl (C=O) groups excluding carboxylic acids is 3. The van der Waals surface area contributed by atoms with Crippen LogP contribution in [0, 0.1) is 5.92 Å². The summed E-state index contributed by atoms with van der Waals surface area (Å²) in [5, 5.41) is 12.7. The molecule has 10 heteroatoms. The molecule has 0 aromatic heterocycles. The number of carboxylic acid groups (broad SMARTS) is 1. The fourth-order valence-electron chi connectivity index (χ4n) is 4.48. The van der Waals surface area contributed by atoms with Gasteiger partial charge in [0.15, 0.2) is 0 Å². The van der Waals surface area contributed by atoms with Crippen molar-refractivity contribution in [2.45, 2.75) is 77.0 Å². The third-order valence-electron chi connectivity index (χ3n) is 5.83. The number of nitrogens with zero attached hydrogens (tertiary/aromatic N) is 1. The molecule has 0 bridgehead atoms. The molecule has 2 rings (SSSR count). The predicted octanol–water partition coefficient (Wildman–Crippen LogP) is 1.44. The van der Waals surface area contributed by atoms with Crippen LogP contribution in [0.25, 0.3) is 0 Å². The van der Waals surface area contributed by atoms with E-state index in [1.807, 2.05) is 0 Å². The van der Waals surface area contributed by atoms with Crippen LogP contribution in [0.2, 0.25) is 0 Å². The van der Waals surface area contributed by atoms with E-state index in [1.54, 1.807) is 20.8 Å². The molecule has 9 nitrogen and oxygen atoms in total. The molecule has 0 aromatic carbocycles. The normalized spacial score (nSPS) is 24.7. The second-order valence-electron chi connectivity index (χ2n) is 7.96. The van der Waals surface area contributed by atoms with Crippen LogP contribution in [0.1, 0.15) is 52.9 Å². The molecular formula is C21H34N2O7S. The van der Waals surface area contributed by atoms with Gasteiger partial charge in [-0.25, -0.2) is 4.79 Å². The van der Waals surface area contributed by atoms with Crippen LogP contribution in [0.15, 0.2) is 0 Å². The zero-order chi connectivity index (χ0) is 23.0. The summed E-state index contributed by atoms with van der Waals surface area (Å²) in [4.78, 5) is 50.6. The van der Waals surface area contributed by atoms with Crippen molar-refractivity contribution in [1.29, 1.82) is 0 Å². The Morgan fingerprint density at radius 2 is 1.81 bits per heavy atom. The average molecular weight is 459 g/mol. The molecule has 0 aromatic rings. The Bertz CT molecular complexity index is 660. The van der Waals surface area contributed by atoms with Gasteiger partial charge in [-0.1, -0.05) is 12.8 Å². The molecule has 31 heavy (non-hydrogen) atoms. The number of likely N-dealkylation sites (tertiary alicyclic amines) is 1. The third-order valence-corrected chi connectivity index (χ3v) is 6.84. The van der Waals surface area contributed by atoms with Crippen LogP contribution in [0.3, 0.4) is 0 Å². The molecule has 2 fully saturated rings. The highest BCUT2D eigenvalue weighted by Crippen LogP contribution is 2.40. The summed E-state index contributed by atoms with van der Waals surface area (Å²) in [5.74, 6) is -1.65. The van der Waals surface area contributed by atoms with Gasteiger partial charge in [-0.3, -0.25) is 19.7 Å². The van der Waals surface area contributed by atoms with Crippen molar-refractivity contribution in [2.75, 3.05) is 24.7 Å². The zero-order valence-electron chi connectivity index (χ0n) is 18.5. The first-order valence-electron chi connectivity index (χ1n) is 11.0. The van der Waals surface area contributed by atoms with E-state index in [0.717, 1.165) is 25.7 Å². The van der Waals surface area contributed by atoms with Crippen molar-refractivity contribution in [2.24, 2.45) is 5.92 Å². The molecule has 1 saturated heterocycles. The van der Waals surface area contributed by atoms with Gasteiger partial charge < -0.3 is 19.5 Å². The smallest absolute Gasteiger partial charge is 0.326 e. The largest absolute Gasteiger partial charge is 0.480 e. The van der Waals surface area contributed by atoms with E-state index in [-0.39, 0.29) is 48.6 Å². The van der Waals surface area contributed by atoms with Crippen molar-refractivity contribution in [3.05, 3.63) is 0 Å². The fraction of sp³-hybridized carbons (Fsp3) is 0.810. The fourth-order valence-corrected chi connectivity index (χ4v) is 5.32. The number of hydrogen-bond acceptors (Lipinski definition) is 8. The van der Waals surface area contributed by atoms with Crippen molar-refractivity contribution < 1.29 is 33.8 Å². The number of aliphatic carboxylic acids is 1. The topological polar surface area (TPSA) is 122 Å². The van der Waals surface area contributed by atoms with E-state index in [4.69, 9.17) is 9.47 Å². The van der Waals surface area contributed by atoms with E-state index in [2.05, 4.69) is 5.32 Å². The van der Waals surface area contributed by atoms with Gasteiger partial charge in [0.25, 0.3) is 0 Å². The molecule has 2 N–H and O–H groups in total. The summed E-state index contributed by atoms with van der Waals surface area (Å²) in [5.41, 5.74) is 0. The van der Waals surface area contributed by atoms with Gasteiger partial charge >= 0.3 is 17.9 Å². The van der Waals surface area contributed by atoms with Crippen LogP contribution < -0.4 is 5.32 Å². The first kappa shape index (κ1) is 25.5. The van der Waals surface area contributed by atoms with E-state index in [1.165, 1.54) is 16.7 Å². The minimum atomic E-state index is -0.984. The van der Waals surface area contributed by atoms with Gasteiger partial charge in [0.2, 0.25) is 5.91 Å². The molecule has 1 saturated carbocycles. The van der Waals surface area contributed by atoms with Gasteiger partial charge in [-0.15, -0.1) is 11.8 Å². The lowest BCUT2D eigenvalue weighted by molar-refractivity contribution is -0.151. The van der Waals surface area contributed by atoms with Gasteiger partial charge in [0.1, 0.15) is 12.1 Å². The molecular weight excluding hydrogens is 424 g/mol. The minimum Gasteiger partial charge on any atom is -0.480 e. The van der Waals surface area contributed by atoms with Gasteiger partial charge in [0.05, 0.1) is 25.0 Å². The zero-order valence-corrected chi connectivity index (χ0v) is 19.3. The predicted molar refractivity (Wildman–Crippen MR) is 116 cm³/mol. The Kier molecular flexibility index (Phi) is 10.1. The second kappa shape index (κ2) is 12.3. The van der Waals surface area contributed by atoms with Crippen molar-refractivity contribution >= 4 is 35.6 Å². The molecule has 1 amide bonds. The lowest BCUT2D eigenvalue weighted by atomic mass is 9.84. The average Bonchev–Trinajstić information content (AvgIpc) is 3.12. The lowest BCUT2D eigenvalue weighted by Crippen LogP contribution is -2.56. The molecule has 1 heterocycles. The van der Waals surface area contributed by atoms with Crippen LogP contribution in [0.4, 0.5) is 0 Å². The van der Waals surface area contributed by atoms with Crippen LogP contribution in [0.5, 0.6) is 0 Å². The molecule has 1 aliphatic carbocycles. The number of fused-ring (bicyclic) bond motifs is 1. The van der Waals surface area contributed by atoms with Gasteiger partial charge in [-0.05, 0) is 46.0 Å². The summed E-state index contributed by atoms with van der Waals surface area (Å²) in [6, 6.07) is -2.46. The maximum Gasteiger partial charge on any atom is 0.326 e. The Morgan fingerprint density at radius 1 is 1.13 bits per heavy atom. The molecule has 3 unspecified atom stereocenters. The van der Waals surface area contributed by atoms with Crippen molar-refractivity contribution in [1.82, 2.24) is 10.2 Å². The highest BCUT2D eigenvalue weighted by molar-refractivity contribution is 8.00. The SMILES string of the molecule is CCOC(=O)CSCC(N[C@@H](C)C(=O)N1C2CCCCC2C[C@H]1C(=O)O)C(=O)OCC. The van der Waals surface area contributed by atoms with Gasteiger partial charge in [0, 0.05) is 11.8 Å². The van der Waals surface area contributed by atoms with Crippen molar-refractivity contribution in [3.8, 4) is 0 Å². The Morgan fingerprint density at radius 3 is 2.45 bits per heavy atom. The molecule has 1 aliphatic heterocycles. The Labute approximate surface area is 187 Å². The second-order valence-corrected chi connectivity index (χ2v) is 8.99. The minimum absolute atomic E-state index is 0.0640. The number of carboxylic acids is 1. The van der Waals surface area contributed by atoms with E-state index < -0.39 is 30.1 Å². The highest BCUT2D eigenvalue weighted by Gasteiger charge is 2.48. The van der Waals surface area contributed by atoms with E-state index in [9.17, 15) is 24.3 Å². The van der Waals surface area contributed by atoms with Gasteiger partial charge in [-0.2, -0.15) is 0 Å². The summed E-state index contributed by atoms with van der Waals surface area (Å²) in [6.45, 7) is 5.53. The van der Waals surface area contributed by atoms with E-state index >= 15 is 0 Å². The van der Waals surface area contributed by atoms with Crippen molar-refractivity contribution in [3.63, 3.8) is 0 Å². The lowest BCUT2D eigenvalue weighted by Gasteiger charge is -2.35. The number of rotatable bonds is 11. The monoisotopic (exact) mass is 458 g/mol. The summed E-state index contributed by atoms with van der Waals surface area (Å²) in [7, 11) is 0. The maximum absolute atomic E-state index is 13.3. The van der Waals surface area contributed by atoms with E-state index in [0.29, 0.717) is 6.42 Å². The molecule has 0 spiro atoms. The quantitative estimate of drug-likeness (QED) is 0.443. The number of amides is 1. The number of nitrogens with one attached hydrogen (secondary N) is 1. The molecule has 2 aliphatic rings. The first-order valence-corrected chi connectivity index (χ1v) is 12.2.